The van der Waals surface area contributed by atoms with Gasteiger partial charge in [0.15, 0.2) is 5.13 Å². The number of nitrogens with zero attached hydrogens (tertiary/aromatic N) is 3. The van der Waals surface area contributed by atoms with Crippen LogP contribution in [0.15, 0.2) is 29.9 Å². The van der Waals surface area contributed by atoms with Crippen LogP contribution in [-0.2, 0) is 11.2 Å². The number of thiazole rings is 1. The lowest BCUT2D eigenvalue weighted by atomic mass is 10.3. The summed E-state index contributed by atoms with van der Waals surface area (Å²) in [5.41, 5.74) is 3.67. The molecule has 0 bridgehead atoms. The molecule has 0 fully saturated rings. The summed E-state index contributed by atoms with van der Waals surface area (Å²) in [6.45, 7) is 3.92. The van der Waals surface area contributed by atoms with Crippen molar-refractivity contribution in [2.45, 2.75) is 20.3 Å². The fraction of sp³-hybridized carbons (Fsp3) is 0.214. The van der Waals surface area contributed by atoms with Crippen molar-refractivity contribution in [1.82, 2.24) is 14.4 Å². The summed E-state index contributed by atoms with van der Waals surface area (Å²) in [5.74, 6) is -0.0977. The van der Waals surface area contributed by atoms with Gasteiger partial charge in [0.1, 0.15) is 5.65 Å². The van der Waals surface area contributed by atoms with E-state index in [1.54, 1.807) is 0 Å². The van der Waals surface area contributed by atoms with Gasteiger partial charge in [-0.15, -0.1) is 11.3 Å². The molecule has 0 unspecified atom stereocenters. The van der Waals surface area contributed by atoms with Gasteiger partial charge in [0.2, 0.25) is 5.91 Å². The molecule has 6 heteroatoms. The van der Waals surface area contributed by atoms with Crippen LogP contribution in [0, 0.1) is 13.8 Å². The molecule has 1 amide bonds. The second-order valence-corrected chi connectivity index (χ2v) is 5.58. The Morgan fingerprint density at radius 1 is 1.40 bits per heavy atom. The summed E-state index contributed by atoms with van der Waals surface area (Å²) in [6, 6.07) is 4.00. The van der Waals surface area contributed by atoms with E-state index < -0.39 is 0 Å². The van der Waals surface area contributed by atoms with E-state index in [2.05, 4.69) is 15.3 Å². The fourth-order valence-electron chi connectivity index (χ4n) is 1.96. The van der Waals surface area contributed by atoms with Gasteiger partial charge < -0.3 is 9.72 Å². The summed E-state index contributed by atoms with van der Waals surface area (Å²) in [5, 5.41) is 5.32. The van der Waals surface area contributed by atoms with Crippen LogP contribution < -0.4 is 5.32 Å². The molecule has 0 aliphatic rings. The first-order chi connectivity index (χ1) is 9.60. The highest BCUT2D eigenvalue weighted by molar-refractivity contribution is 7.13. The molecule has 0 aromatic carbocycles. The van der Waals surface area contributed by atoms with Crippen molar-refractivity contribution in [2.75, 3.05) is 5.32 Å². The largest absolute Gasteiger partial charge is 0.307 e. The fourth-order valence-corrected chi connectivity index (χ4v) is 2.67. The van der Waals surface area contributed by atoms with Crippen LogP contribution >= 0.6 is 11.3 Å². The van der Waals surface area contributed by atoms with Crippen molar-refractivity contribution in [2.24, 2.45) is 0 Å². The molecule has 0 radical (unpaired) electrons. The van der Waals surface area contributed by atoms with Crippen LogP contribution in [0.4, 0.5) is 5.13 Å². The highest BCUT2D eigenvalue weighted by Gasteiger charge is 2.09. The van der Waals surface area contributed by atoms with E-state index in [1.807, 2.05) is 48.2 Å². The molecule has 0 spiro atoms. The number of hydrogen-bond acceptors (Lipinski definition) is 4. The van der Waals surface area contributed by atoms with Crippen molar-refractivity contribution < 1.29 is 4.79 Å². The van der Waals surface area contributed by atoms with Gasteiger partial charge in [-0.2, -0.15) is 0 Å². The Labute approximate surface area is 120 Å². The van der Waals surface area contributed by atoms with E-state index in [0.29, 0.717) is 5.13 Å². The molecule has 0 saturated heterocycles. The summed E-state index contributed by atoms with van der Waals surface area (Å²) in [6.07, 6.45) is 4.07. The number of aryl methyl sites for hydroxylation is 2. The van der Waals surface area contributed by atoms with E-state index in [9.17, 15) is 4.79 Å². The molecule has 0 saturated carbocycles. The van der Waals surface area contributed by atoms with Crippen LogP contribution in [0.25, 0.3) is 5.65 Å². The van der Waals surface area contributed by atoms with Gasteiger partial charge in [-0.3, -0.25) is 4.79 Å². The zero-order valence-corrected chi connectivity index (χ0v) is 12.1. The minimum atomic E-state index is -0.0977. The summed E-state index contributed by atoms with van der Waals surface area (Å²) < 4.78 is 1.92. The smallest absolute Gasteiger partial charge is 0.232 e. The molecule has 1 N–H and O–H groups in total. The number of imidazole rings is 1. The maximum absolute atomic E-state index is 11.9. The Bertz CT molecular complexity index is 774. The Hall–Kier alpha value is -2.21. The molecule has 0 atom stereocenters. The Kier molecular flexibility index (Phi) is 3.23. The first kappa shape index (κ1) is 12.8. The van der Waals surface area contributed by atoms with Gasteiger partial charge in [-0.05, 0) is 31.5 Å². The topological polar surface area (TPSA) is 59.3 Å². The van der Waals surface area contributed by atoms with Crippen LogP contribution in [-0.4, -0.2) is 20.3 Å². The van der Waals surface area contributed by atoms with Crippen molar-refractivity contribution >= 4 is 28.0 Å². The van der Waals surface area contributed by atoms with Gasteiger partial charge in [-0.25, -0.2) is 9.97 Å². The third-order valence-electron chi connectivity index (χ3n) is 2.87. The molecule has 20 heavy (non-hydrogen) atoms. The molecule has 102 valence electrons. The minimum absolute atomic E-state index is 0.0977. The van der Waals surface area contributed by atoms with Crippen LogP contribution in [0.3, 0.4) is 0 Å². The number of carbonyl (C=O) groups is 1. The van der Waals surface area contributed by atoms with Gasteiger partial charge in [0.05, 0.1) is 17.8 Å². The number of fused-ring (bicyclic) bond motifs is 1. The monoisotopic (exact) mass is 286 g/mol. The maximum Gasteiger partial charge on any atom is 0.232 e. The Balaban J connectivity index is 1.73. The predicted octanol–water partition coefficient (Wildman–Crippen LogP) is 2.59. The molecule has 3 aromatic rings. The second-order valence-electron chi connectivity index (χ2n) is 4.72. The number of amides is 1. The summed E-state index contributed by atoms with van der Waals surface area (Å²) in [7, 11) is 0. The summed E-state index contributed by atoms with van der Waals surface area (Å²) >= 11 is 1.43. The highest BCUT2D eigenvalue weighted by Crippen LogP contribution is 2.15. The normalized spacial score (nSPS) is 10.9. The maximum atomic E-state index is 11.9. The van der Waals surface area contributed by atoms with Crippen LogP contribution in [0.2, 0.25) is 0 Å². The Morgan fingerprint density at radius 2 is 2.25 bits per heavy atom. The lowest BCUT2D eigenvalue weighted by Gasteiger charge is -1.98. The van der Waals surface area contributed by atoms with E-state index in [-0.39, 0.29) is 12.3 Å². The van der Waals surface area contributed by atoms with Crippen LogP contribution in [0.1, 0.15) is 17.0 Å². The van der Waals surface area contributed by atoms with Crippen molar-refractivity contribution in [3.8, 4) is 0 Å². The quantitative estimate of drug-likeness (QED) is 0.805. The average molecular weight is 286 g/mol. The lowest BCUT2D eigenvalue weighted by molar-refractivity contribution is -0.115. The second kappa shape index (κ2) is 5.05. The van der Waals surface area contributed by atoms with Gasteiger partial charge >= 0.3 is 0 Å². The number of anilines is 1. The van der Waals surface area contributed by atoms with Crippen molar-refractivity contribution in [1.29, 1.82) is 0 Å². The Morgan fingerprint density at radius 3 is 3.00 bits per heavy atom. The first-order valence-electron chi connectivity index (χ1n) is 6.26. The minimum Gasteiger partial charge on any atom is -0.307 e. The van der Waals surface area contributed by atoms with Crippen molar-refractivity contribution in [3.05, 3.63) is 46.9 Å². The van der Waals surface area contributed by atoms with Crippen molar-refractivity contribution in [3.63, 3.8) is 0 Å². The number of aromatic nitrogens is 3. The molecule has 0 aliphatic heterocycles. The predicted molar refractivity (Wildman–Crippen MR) is 79.1 cm³/mol. The molecular formula is C14H14N4OS. The zero-order chi connectivity index (χ0) is 14.1. The standard InChI is InChI=1S/C14H14N4OS/c1-9-3-4-18-7-11(16-12(18)5-9)6-13(19)17-14-15-10(2)8-20-14/h3-5,7-8H,6H2,1-2H3,(H,15,17,19). The number of nitrogens with one attached hydrogen (secondary N) is 1. The molecule has 3 aromatic heterocycles. The third-order valence-corrected chi connectivity index (χ3v) is 3.75. The van der Waals surface area contributed by atoms with E-state index >= 15 is 0 Å². The third kappa shape index (κ3) is 2.70. The first-order valence-corrected chi connectivity index (χ1v) is 7.14. The SMILES string of the molecule is Cc1ccn2cc(CC(=O)Nc3nc(C)cs3)nc2c1. The number of hydrogen-bond donors (Lipinski definition) is 1. The zero-order valence-electron chi connectivity index (χ0n) is 11.3. The average Bonchev–Trinajstić information content (AvgIpc) is 2.94. The number of pyridine rings is 1. The van der Waals surface area contributed by atoms with E-state index in [0.717, 1.165) is 22.6 Å². The lowest BCUT2D eigenvalue weighted by Crippen LogP contribution is -2.14. The van der Waals surface area contributed by atoms with Gasteiger partial charge in [0.25, 0.3) is 0 Å². The molecule has 0 aliphatic carbocycles. The molecule has 5 nitrogen and oxygen atoms in total. The van der Waals surface area contributed by atoms with Gasteiger partial charge in [-0.1, -0.05) is 0 Å². The number of carbonyl (C=O) groups excluding carboxylic acids is 1. The van der Waals surface area contributed by atoms with E-state index in [1.165, 1.54) is 11.3 Å². The number of rotatable bonds is 3. The van der Waals surface area contributed by atoms with E-state index in [4.69, 9.17) is 0 Å². The summed E-state index contributed by atoms with van der Waals surface area (Å²) in [4.78, 5) is 20.6. The molecule has 3 rings (SSSR count). The molecule has 3 heterocycles. The van der Waals surface area contributed by atoms with Gasteiger partial charge in [0, 0.05) is 17.8 Å². The molecular weight excluding hydrogens is 272 g/mol. The van der Waals surface area contributed by atoms with Crippen LogP contribution in [0.5, 0.6) is 0 Å². The highest BCUT2D eigenvalue weighted by atomic mass is 32.1.